The van der Waals surface area contributed by atoms with Crippen molar-refractivity contribution in [3.05, 3.63) is 148 Å². The van der Waals surface area contributed by atoms with Gasteiger partial charge in [-0.05, 0) is 113 Å². The van der Waals surface area contributed by atoms with Gasteiger partial charge in [0.2, 0.25) is 5.91 Å². The largest absolute Gasteiger partial charge is 0.417 e. The fourth-order valence-corrected chi connectivity index (χ4v) is 6.67. The standard InChI is InChI=1S/C41H33F9N2O5S/c1-23-19-29(39(42,43)44)11-14-32(23)26-7-9-27(10-8-26)35(21-25-3-5-28(6-4-25)37(53)51-17-18-58(55,56)57)38(54)52-31-13-16-34(36(22-31)41(48,49)50)33-15-12-30(20-24(33)2)40(45,46)47/h3-16,19-20,22,35H,17-18,21H2,1-2H3,(H,51,53)(H,52,54)(H,55,56,57). The maximum Gasteiger partial charge on any atom is 0.417 e. The Labute approximate surface area is 326 Å². The molecule has 0 aromatic heterocycles. The van der Waals surface area contributed by atoms with Crippen LogP contribution < -0.4 is 10.6 Å². The van der Waals surface area contributed by atoms with Gasteiger partial charge in [0, 0.05) is 17.8 Å². The number of nitrogens with one attached hydrogen (secondary N) is 2. The van der Waals surface area contributed by atoms with Crippen molar-refractivity contribution in [2.75, 3.05) is 17.6 Å². The fraction of sp³-hybridized carbons (Fsp3) is 0.220. The van der Waals surface area contributed by atoms with Crippen molar-refractivity contribution in [3.8, 4) is 22.3 Å². The van der Waals surface area contributed by atoms with Gasteiger partial charge in [-0.2, -0.15) is 47.9 Å². The summed E-state index contributed by atoms with van der Waals surface area (Å²) in [5.41, 5.74) is -1.64. The maximum atomic E-state index is 14.4. The third-order valence-electron chi connectivity index (χ3n) is 9.23. The van der Waals surface area contributed by atoms with Gasteiger partial charge in [-0.1, -0.05) is 54.6 Å². The Morgan fingerprint density at radius 3 is 1.69 bits per heavy atom. The molecule has 17 heteroatoms. The Balaban J connectivity index is 1.47. The number of rotatable bonds is 11. The van der Waals surface area contributed by atoms with E-state index in [9.17, 15) is 57.5 Å². The zero-order valence-corrected chi connectivity index (χ0v) is 31.2. The van der Waals surface area contributed by atoms with Crippen LogP contribution in [0, 0.1) is 13.8 Å². The summed E-state index contributed by atoms with van der Waals surface area (Å²) in [6.45, 7) is 2.38. The summed E-state index contributed by atoms with van der Waals surface area (Å²) in [6, 6.07) is 20.5. The van der Waals surface area contributed by atoms with Gasteiger partial charge in [0.05, 0.1) is 28.4 Å². The Morgan fingerprint density at radius 2 is 1.19 bits per heavy atom. The first kappa shape index (κ1) is 43.4. The van der Waals surface area contributed by atoms with Crippen LogP contribution in [0.1, 0.15) is 55.2 Å². The number of alkyl halides is 9. The molecule has 0 fully saturated rings. The van der Waals surface area contributed by atoms with Crippen LogP contribution in [0.3, 0.4) is 0 Å². The molecule has 7 nitrogen and oxygen atoms in total. The molecule has 0 aliphatic carbocycles. The predicted octanol–water partition coefficient (Wildman–Crippen LogP) is 10.3. The molecule has 0 heterocycles. The second-order valence-corrected chi connectivity index (χ2v) is 15.0. The molecule has 0 saturated heterocycles. The minimum absolute atomic E-state index is 0.0614. The van der Waals surface area contributed by atoms with Crippen molar-refractivity contribution in [2.24, 2.45) is 0 Å². The Bertz CT molecular complexity index is 2430. The van der Waals surface area contributed by atoms with Gasteiger partial charge in [0.1, 0.15) is 0 Å². The van der Waals surface area contributed by atoms with E-state index in [4.69, 9.17) is 4.55 Å². The van der Waals surface area contributed by atoms with Gasteiger partial charge in [-0.25, -0.2) is 0 Å². The molecule has 2 amide bonds. The van der Waals surface area contributed by atoms with Crippen molar-refractivity contribution in [2.45, 2.75) is 44.7 Å². The summed E-state index contributed by atoms with van der Waals surface area (Å²) >= 11 is 0. The van der Waals surface area contributed by atoms with Gasteiger partial charge in [-0.3, -0.25) is 14.1 Å². The van der Waals surface area contributed by atoms with Crippen molar-refractivity contribution in [1.82, 2.24) is 5.32 Å². The van der Waals surface area contributed by atoms with E-state index >= 15 is 0 Å². The first-order valence-electron chi connectivity index (χ1n) is 17.2. The lowest BCUT2D eigenvalue weighted by atomic mass is 9.89. The summed E-state index contributed by atoms with van der Waals surface area (Å²) in [6.07, 6.45) is -14.3. The van der Waals surface area contributed by atoms with Gasteiger partial charge in [-0.15, -0.1) is 0 Å². The predicted molar refractivity (Wildman–Crippen MR) is 199 cm³/mol. The number of carbonyl (C=O) groups is 2. The molecule has 58 heavy (non-hydrogen) atoms. The van der Waals surface area contributed by atoms with E-state index in [-0.39, 0.29) is 35.3 Å². The second-order valence-electron chi connectivity index (χ2n) is 13.4. The number of halogens is 9. The first-order chi connectivity index (χ1) is 26.9. The minimum Gasteiger partial charge on any atom is -0.351 e. The highest BCUT2D eigenvalue weighted by atomic mass is 32.2. The molecular weight excluding hydrogens is 804 g/mol. The van der Waals surface area contributed by atoms with E-state index in [0.29, 0.717) is 39.9 Å². The molecule has 306 valence electrons. The van der Waals surface area contributed by atoms with Gasteiger partial charge < -0.3 is 10.6 Å². The Hall–Kier alpha value is -5.68. The molecule has 0 aliphatic rings. The molecular formula is C41H33F9N2O5S. The summed E-state index contributed by atoms with van der Waals surface area (Å²) in [4.78, 5) is 26.5. The minimum atomic E-state index is -4.99. The lowest BCUT2D eigenvalue weighted by Gasteiger charge is -2.21. The van der Waals surface area contributed by atoms with Crippen LogP contribution in [-0.4, -0.2) is 37.1 Å². The zero-order chi connectivity index (χ0) is 42.8. The van der Waals surface area contributed by atoms with E-state index in [1.807, 2.05) is 0 Å². The van der Waals surface area contributed by atoms with Crippen LogP contribution in [0.25, 0.3) is 22.3 Å². The maximum absolute atomic E-state index is 14.4. The molecule has 0 saturated carbocycles. The Kier molecular flexibility index (Phi) is 12.5. The van der Waals surface area contributed by atoms with Crippen LogP contribution in [0.2, 0.25) is 0 Å². The molecule has 0 spiro atoms. The van der Waals surface area contributed by atoms with E-state index in [0.717, 1.165) is 30.3 Å². The number of hydrogen-bond acceptors (Lipinski definition) is 4. The van der Waals surface area contributed by atoms with Crippen LogP contribution in [-0.2, 0) is 39.9 Å². The van der Waals surface area contributed by atoms with Crippen LogP contribution in [0.15, 0.2) is 103 Å². The van der Waals surface area contributed by atoms with E-state index in [1.165, 1.54) is 50.2 Å². The third kappa shape index (κ3) is 10.8. The third-order valence-corrected chi connectivity index (χ3v) is 9.95. The van der Waals surface area contributed by atoms with E-state index < -0.39 is 74.4 Å². The van der Waals surface area contributed by atoms with E-state index in [1.54, 1.807) is 24.3 Å². The molecule has 0 bridgehead atoms. The SMILES string of the molecule is Cc1cc(C(F)(F)F)ccc1-c1ccc(C(Cc2ccc(C(=O)NCCS(=O)(=O)O)cc2)C(=O)Nc2ccc(-c3ccc(C(F)(F)F)cc3C)c(C(F)(F)F)c2)cc1. The van der Waals surface area contributed by atoms with Gasteiger partial charge in [0.25, 0.3) is 16.0 Å². The topological polar surface area (TPSA) is 113 Å². The summed E-state index contributed by atoms with van der Waals surface area (Å²) in [5, 5.41) is 4.85. The number of amides is 2. The Morgan fingerprint density at radius 1 is 0.655 bits per heavy atom. The highest BCUT2D eigenvalue weighted by Crippen LogP contribution is 2.41. The van der Waals surface area contributed by atoms with Gasteiger partial charge in [0.15, 0.2) is 0 Å². The lowest BCUT2D eigenvalue weighted by Crippen LogP contribution is -2.28. The van der Waals surface area contributed by atoms with Crippen molar-refractivity contribution in [1.29, 1.82) is 0 Å². The molecule has 5 rings (SSSR count). The average Bonchev–Trinajstić information content (AvgIpc) is 3.12. The fourth-order valence-electron chi connectivity index (χ4n) is 6.31. The number of aryl methyl sites for hydroxylation is 2. The van der Waals surface area contributed by atoms with Crippen LogP contribution >= 0.6 is 0 Å². The molecule has 1 atom stereocenters. The monoisotopic (exact) mass is 836 g/mol. The van der Waals surface area contributed by atoms with Crippen LogP contribution in [0.5, 0.6) is 0 Å². The smallest absolute Gasteiger partial charge is 0.351 e. The zero-order valence-electron chi connectivity index (χ0n) is 30.4. The van der Waals surface area contributed by atoms with Gasteiger partial charge >= 0.3 is 18.5 Å². The number of carbonyl (C=O) groups excluding carboxylic acids is 2. The summed E-state index contributed by atoms with van der Waals surface area (Å²) < 4.78 is 154. The molecule has 3 N–H and O–H groups in total. The lowest BCUT2D eigenvalue weighted by molar-refractivity contribution is -0.138. The molecule has 0 aliphatic heterocycles. The van der Waals surface area contributed by atoms with E-state index in [2.05, 4.69) is 10.6 Å². The van der Waals surface area contributed by atoms with Crippen LogP contribution in [0.4, 0.5) is 45.2 Å². The summed E-state index contributed by atoms with van der Waals surface area (Å²) in [7, 11) is -4.32. The summed E-state index contributed by atoms with van der Waals surface area (Å²) in [5.74, 6) is -3.23. The highest BCUT2D eigenvalue weighted by Gasteiger charge is 2.36. The molecule has 5 aromatic rings. The van der Waals surface area contributed by atoms with Crippen molar-refractivity contribution in [3.63, 3.8) is 0 Å². The molecule has 1 unspecified atom stereocenters. The highest BCUT2D eigenvalue weighted by molar-refractivity contribution is 7.85. The average molecular weight is 837 g/mol. The number of benzene rings is 5. The number of hydrogen-bond donors (Lipinski definition) is 3. The number of anilines is 1. The second kappa shape index (κ2) is 16.7. The first-order valence-corrected chi connectivity index (χ1v) is 18.8. The molecule has 0 radical (unpaired) electrons. The van der Waals surface area contributed by atoms with Crippen molar-refractivity contribution < 1.29 is 62.1 Å². The normalized spacial score (nSPS) is 12.9. The van der Waals surface area contributed by atoms with Crippen molar-refractivity contribution >= 4 is 27.6 Å². The quantitative estimate of drug-likeness (QED) is 0.0906. The molecule has 5 aromatic carbocycles.